The molecule has 2 rings (SSSR count). The molecule has 1 fully saturated rings. The molecular weight excluding hydrogens is 230 g/mol. The van der Waals surface area contributed by atoms with Crippen LogP contribution in [0, 0.1) is 0 Å². The maximum absolute atomic E-state index is 4.10. The molecule has 1 saturated heterocycles. The van der Waals surface area contributed by atoms with Crippen LogP contribution in [0.15, 0.2) is 24.5 Å². The van der Waals surface area contributed by atoms with Gasteiger partial charge in [-0.3, -0.25) is 10.4 Å². The maximum Gasteiger partial charge on any atom is 0.0618 e. The number of hydrogen-bond donors (Lipinski definition) is 2. The summed E-state index contributed by atoms with van der Waals surface area (Å²) in [6, 6.07) is 4.78. The van der Waals surface area contributed by atoms with E-state index in [1.165, 1.54) is 5.56 Å². The molecular formula is C9H12BrN3. The third-order valence-corrected chi connectivity index (χ3v) is 3.63. The maximum atomic E-state index is 4.10. The van der Waals surface area contributed by atoms with Crippen molar-refractivity contribution in [2.75, 3.05) is 0 Å². The third kappa shape index (κ3) is 1.75. The van der Waals surface area contributed by atoms with Gasteiger partial charge in [0.25, 0.3) is 0 Å². The molecule has 1 aromatic heterocycles. The first-order valence-electron chi connectivity index (χ1n) is 4.34. The first-order chi connectivity index (χ1) is 6.29. The zero-order chi connectivity index (χ0) is 9.26. The second kappa shape index (κ2) is 3.74. The molecule has 3 unspecified atom stereocenters. The summed E-state index contributed by atoms with van der Waals surface area (Å²) < 4.78 is 0. The molecule has 0 saturated carbocycles. The van der Waals surface area contributed by atoms with Crippen LogP contribution in [0.5, 0.6) is 0 Å². The molecule has 3 atom stereocenters. The van der Waals surface area contributed by atoms with Crippen molar-refractivity contribution in [2.45, 2.75) is 23.8 Å². The van der Waals surface area contributed by atoms with E-state index in [4.69, 9.17) is 0 Å². The van der Waals surface area contributed by atoms with E-state index < -0.39 is 0 Å². The van der Waals surface area contributed by atoms with E-state index in [0.717, 1.165) is 0 Å². The topological polar surface area (TPSA) is 37.0 Å². The molecule has 1 aliphatic rings. The Morgan fingerprint density at radius 2 is 2.31 bits per heavy atom. The standard InChI is InChI=1S/C9H12BrN3/c1-6-8(10)9(13-12-6)7-3-2-4-11-5-7/h2-6,8-9,12-13H,1H3. The molecule has 1 aromatic rings. The second-order valence-corrected chi connectivity index (χ2v) is 4.34. The van der Waals surface area contributed by atoms with E-state index in [9.17, 15) is 0 Å². The predicted molar refractivity (Wildman–Crippen MR) is 55.4 cm³/mol. The molecule has 1 aliphatic heterocycles. The Kier molecular flexibility index (Phi) is 2.62. The van der Waals surface area contributed by atoms with Crippen molar-refractivity contribution >= 4 is 15.9 Å². The van der Waals surface area contributed by atoms with Gasteiger partial charge < -0.3 is 0 Å². The largest absolute Gasteiger partial charge is 0.264 e. The van der Waals surface area contributed by atoms with Gasteiger partial charge in [0.2, 0.25) is 0 Å². The Labute approximate surface area is 86.0 Å². The summed E-state index contributed by atoms with van der Waals surface area (Å²) in [5.41, 5.74) is 7.64. The van der Waals surface area contributed by atoms with Gasteiger partial charge in [-0.05, 0) is 18.6 Å². The minimum absolute atomic E-state index is 0.309. The highest BCUT2D eigenvalue weighted by atomic mass is 79.9. The smallest absolute Gasteiger partial charge is 0.0618 e. The summed E-state index contributed by atoms with van der Waals surface area (Å²) in [6.45, 7) is 2.14. The average Bonchev–Trinajstić information content (AvgIpc) is 2.49. The molecule has 2 N–H and O–H groups in total. The van der Waals surface area contributed by atoms with Gasteiger partial charge in [0.15, 0.2) is 0 Å². The fourth-order valence-electron chi connectivity index (χ4n) is 1.50. The van der Waals surface area contributed by atoms with Crippen LogP contribution in [0.3, 0.4) is 0 Å². The molecule has 70 valence electrons. The lowest BCUT2D eigenvalue weighted by molar-refractivity contribution is 0.560. The molecule has 0 aromatic carbocycles. The Morgan fingerprint density at radius 3 is 2.85 bits per heavy atom. The highest BCUT2D eigenvalue weighted by Crippen LogP contribution is 2.27. The van der Waals surface area contributed by atoms with Crippen molar-refractivity contribution in [3.05, 3.63) is 30.1 Å². The summed E-state index contributed by atoms with van der Waals surface area (Å²) in [4.78, 5) is 4.51. The van der Waals surface area contributed by atoms with Crippen LogP contribution in [0.25, 0.3) is 0 Å². The lowest BCUT2D eigenvalue weighted by Gasteiger charge is -2.13. The lowest BCUT2D eigenvalue weighted by atomic mass is 10.1. The fourth-order valence-corrected chi connectivity index (χ4v) is 2.07. The Bertz CT molecular complexity index is 277. The predicted octanol–water partition coefficient (Wildman–Crippen LogP) is 1.38. The summed E-state index contributed by atoms with van der Waals surface area (Å²) >= 11 is 3.65. The van der Waals surface area contributed by atoms with Gasteiger partial charge in [-0.1, -0.05) is 22.0 Å². The van der Waals surface area contributed by atoms with Crippen LogP contribution in [0.4, 0.5) is 0 Å². The summed E-state index contributed by atoms with van der Waals surface area (Å²) in [6.07, 6.45) is 3.68. The fraction of sp³-hybridized carbons (Fsp3) is 0.444. The molecule has 0 amide bonds. The minimum atomic E-state index is 0.309. The van der Waals surface area contributed by atoms with Crippen LogP contribution >= 0.6 is 15.9 Å². The number of pyridine rings is 1. The van der Waals surface area contributed by atoms with Gasteiger partial charge >= 0.3 is 0 Å². The Balaban J connectivity index is 2.19. The van der Waals surface area contributed by atoms with Gasteiger partial charge in [-0.15, -0.1) is 0 Å². The van der Waals surface area contributed by atoms with Gasteiger partial charge in [-0.2, -0.15) is 0 Å². The number of nitrogens with one attached hydrogen (secondary N) is 2. The number of alkyl halides is 1. The van der Waals surface area contributed by atoms with Gasteiger partial charge in [0, 0.05) is 18.4 Å². The second-order valence-electron chi connectivity index (χ2n) is 3.29. The number of halogens is 1. The van der Waals surface area contributed by atoms with Gasteiger partial charge in [-0.25, -0.2) is 5.43 Å². The zero-order valence-electron chi connectivity index (χ0n) is 7.37. The van der Waals surface area contributed by atoms with Crippen molar-refractivity contribution in [2.24, 2.45) is 0 Å². The average molecular weight is 242 g/mol. The summed E-state index contributed by atoms with van der Waals surface area (Å²) in [7, 11) is 0. The van der Waals surface area contributed by atoms with Crippen molar-refractivity contribution in [1.82, 2.24) is 15.8 Å². The first-order valence-corrected chi connectivity index (χ1v) is 5.25. The highest BCUT2D eigenvalue weighted by molar-refractivity contribution is 9.09. The van der Waals surface area contributed by atoms with Crippen LogP contribution in [-0.2, 0) is 0 Å². The number of rotatable bonds is 1. The SMILES string of the molecule is CC1NNC(c2cccnc2)C1Br. The van der Waals surface area contributed by atoms with Crippen LogP contribution < -0.4 is 10.9 Å². The van der Waals surface area contributed by atoms with E-state index in [0.29, 0.717) is 16.9 Å². The normalized spacial score (nSPS) is 33.5. The van der Waals surface area contributed by atoms with E-state index in [1.54, 1.807) is 6.20 Å². The molecule has 0 bridgehead atoms. The number of aromatic nitrogens is 1. The Hall–Kier alpha value is -0.450. The van der Waals surface area contributed by atoms with Crippen LogP contribution in [0.2, 0.25) is 0 Å². The van der Waals surface area contributed by atoms with Crippen molar-refractivity contribution < 1.29 is 0 Å². The molecule has 2 heterocycles. The molecule has 3 nitrogen and oxygen atoms in total. The van der Waals surface area contributed by atoms with E-state index >= 15 is 0 Å². The van der Waals surface area contributed by atoms with Gasteiger partial charge in [0.05, 0.1) is 10.9 Å². The molecule has 0 spiro atoms. The first kappa shape index (κ1) is 9.12. The van der Waals surface area contributed by atoms with Crippen LogP contribution in [-0.4, -0.2) is 15.9 Å². The van der Waals surface area contributed by atoms with Crippen molar-refractivity contribution in [1.29, 1.82) is 0 Å². The lowest BCUT2D eigenvalue weighted by Crippen LogP contribution is -2.29. The highest BCUT2D eigenvalue weighted by Gasteiger charge is 2.31. The van der Waals surface area contributed by atoms with Gasteiger partial charge in [0.1, 0.15) is 0 Å². The summed E-state index contributed by atoms with van der Waals surface area (Å²) in [5.74, 6) is 0. The number of nitrogens with zero attached hydrogens (tertiary/aromatic N) is 1. The van der Waals surface area contributed by atoms with Crippen LogP contribution in [0.1, 0.15) is 18.5 Å². The Morgan fingerprint density at radius 1 is 1.46 bits per heavy atom. The molecule has 4 heteroatoms. The van der Waals surface area contributed by atoms with Crippen molar-refractivity contribution in [3.63, 3.8) is 0 Å². The van der Waals surface area contributed by atoms with E-state index in [1.807, 2.05) is 12.3 Å². The number of hydrogen-bond acceptors (Lipinski definition) is 3. The minimum Gasteiger partial charge on any atom is -0.264 e. The van der Waals surface area contributed by atoms with E-state index in [-0.39, 0.29) is 0 Å². The quantitative estimate of drug-likeness (QED) is 0.730. The van der Waals surface area contributed by atoms with E-state index in [2.05, 4.69) is 44.8 Å². The summed E-state index contributed by atoms with van der Waals surface area (Å²) in [5, 5.41) is 0. The monoisotopic (exact) mass is 241 g/mol. The zero-order valence-corrected chi connectivity index (χ0v) is 8.95. The van der Waals surface area contributed by atoms with Crippen molar-refractivity contribution in [3.8, 4) is 0 Å². The third-order valence-electron chi connectivity index (χ3n) is 2.31. The molecule has 0 radical (unpaired) electrons. The number of hydrazine groups is 1. The molecule has 13 heavy (non-hydrogen) atoms. The molecule has 0 aliphatic carbocycles.